The van der Waals surface area contributed by atoms with Crippen LogP contribution in [0.3, 0.4) is 0 Å². The number of hydrogen-bond acceptors (Lipinski definition) is 2. The fourth-order valence-electron chi connectivity index (χ4n) is 2.02. The molecule has 20 heavy (non-hydrogen) atoms. The number of aromatic amines is 1. The standard InChI is InChI=1S/C15H12ClN3O/c16-12-3-1-10(8-13(12)17)15(20)19-11-2-4-14-9(7-11)5-6-18-14/h1-8,18H,17H2,(H,19,20). The lowest BCUT2D eigenvalue weighted by Gasteiger charge is -2.07. The van der Waals surface area contributed by atoms with Crippen LogP contribution in [0, 0.1) is 0 Å². The van der Waals surface area contributed by atoms with Crippen LogP contribution in [0.1, 0.15) is 10.4 Å². The summed E-state index contributed by atoms with van der Waals surface area (Å²) >= 11 is 5.84. The molecule has 1 heterocycles. The van der Waals surface area contributed by atoms with Crippen molar-refractivity contribution in [2.75, 3.05) is 11.1 Å². The smallest absolute Gasteiger partial charge is 0.255 e. The van der Waals surface area contributed by atoms with Crippen LogP contribution in [0.2, 0.25) is 5.02 Å². The molecule has 0 saturated heterocycles. The van der Waals surface area contributed by atoms with Gasteiger partial charge < -0.3 is 16.0 Å². The summed E-state index contributed by atoms with van der Waals surface area (Å²) in [5, 5.41) is 4.32. The van der Waals surface area contributed by atoms with Crippen molar-refractivity contribution in [3.63, 3.8) is 0 Å². The average molecular weight is 286 g/mol. The number of hydrogen-bond donors (Lipinski definition) is 3. The molecule has 0 fully saturated rings. The Morgan fingerprint density at radius 3 is 2.80 bits per heavy atom. The molecule has 0 radical (unpaired) electrons. The van der Waals surface area contributed by atoms with Gasteiger partial charge in [0.05, 0.1) is 10.7 Å². The van der Waals surface area contributed by atoms with Gasteiger partial charge in [-0.25, -0.2) is 0 Å². The Bertz CT molecular complexity index is 795. The number of aromatic nitrogens is 1. The molecule has 100 valence electrons. The molecule has 1 aromatic heterocycles. The van der Waals surface area contributed by atoms with Gasteiger partial charge in [-0.05, 0) is 42.5 Å². The number of fused-ring (bicyclic) bond motifs is 1. The SMILES string of the molecule is Nc1cc(C(=O)Nc2ccc3[nH]ccc3c2)ccc1Cl. The lowest BCUT2D eigenvalue weighted by Crippen LogP contribution is -2.12. The summed E-state index contributed by atoms with van der Waals surface area (Å²) in [5.41, 5.74) is 8.32. The number of nitrogens with two attached hydrogens (primary N) is 1. The number of benzene rings is 2. The van der Waals surface area contributed by atoms with Gasteiger partial charge in [-0.15, -0.1) is 0 Å². The molecule has 0 bridgehead atoms. The van der Waals surface area contributed by atoms with Gasteiger partial charge in [0.1, 0.15) is 0 Å². The van der Waals surface area contributed by atoms with E-state index in [0.29, 0.717) is 16.3 Å². The maximum absolute atomic E-state index is 12.1. The number of H-pyrrole nitrogens is 1. The fraction of sp³-hybridized carbons (Fsp3) is 0. The van der Waals surface area contributed by atoms with Crippen LogP contribution in [-0.2, 0) is 0 Å². The second kappa shape index (κ2) is 4.90. The summed E-state index contributed by atoms with van der Waals surface area (Å²) in [6.45, 7) is 0. The molecule has 0 spiro atoms. The molecule has 3 aromatic rings. The Labute approximate surface area is 120 Å². The van der Waals surface area contributed by atoms with E-state index in [2.05, 4.69) is 10.3 Å². The van der Waals surface area contributed by atoms with Crippen molar-refractivity contribution in [1.29, 1.82) is 0 Å². The van der Waals surface area contributed by atoms with E-state index >= 15 is 0 Å². The van der Waals surface area contributed by atoms with E-state index in [-0.39, 0.29) is 5.91 Å². The highest BCUT2D eigenvalue weighted by atomic mass is 35.5. The third kappa shape index (κ3) is 2.33. The summed E-state index contributed by atoms with van der Waals surface area (Å²) in [6, 6.07) is 12.4. The van der Waals surface area contributed by atoms with Crippen molar-refractivity contribution in [3.05, 3.63) is 59.2 Å². The summed E-state index contributed by atoms with van der Waals surface area (Å²) in [4.78, 5) is 15.2. The topological polar surface area (TPSA) is 70.9 Å². The highest BCUT2D eigenvalue weighted by Gasteiger charge is 2.08. The number of nitrogens with one attached hydrogen (secondary N) is 2. The van der Waals surface area contributed by atoms with Crippen molar-refractivity contribution in [1.82, 2.24) is 4.98 Å². The number of nitrogen functional groups attached to an aromatic ring is 1. The molecule has 5 heteroatoms. The van der Waals surface area contributed by atoms with E-state index < -0.39 is 0 Å². The van der Waals surface area contributed by atoms with E-state index in [9.17, 15) is 4.79 Å². The molecule has 0 aliphatic rings. The van der Waals surface area contributed by atoms with Crippen molar-refractivity contribution >= 4 is 39.8 Å². The first kappa shape index (κ1) is 12.6. The molecule has 0 aliphatic carbocycles. The molecule has 4 N–H and O–H groups in total. The van der Waals surface area contributed by atoms with Crippen LogP contribution >= 0.6 is 11.6 Å². The van der Waals surface area contributed by atoms with Crippen molar-refractivity contribution in [2.24, 2.45) is 0 Å². The lowest BCUT2D eigenvalue weighted by molar-refractivity contribution is 0.102. The predicted octanol–water partition coefficient (Wildman–Crippen LogP) is 3.66. The zero-order valence-corrected chi connectivity index (χ0v) is 11.2. The zero-order chi connectivity index (χ0) is 14.1. The van der Waals surface area contributed by atoms with Crippen molar-refractivity contribution in [3.8, 4) is 0 Å². The summed E-state index contributed by atoms with van der Waals surface area (Å²) < 4.78 is 0. The zero-order valence-electron chi connectivity index (χ0n) is 10.5. The van der Waals surface area contributed by atoms with Gasteiger partial charge in [0.25, 0.3) is 5.91 Å². The summed E-state index contributed by atoms with van der Waals surface area (Å²) in [5.74, 6) is -0.219. The lowest BCUT2D eigenvalue weighted by atomic mass is 10.1. The van der Waals surface area contributed by atoms with E-state index in [1.54, 1.807) is 18.2 Å². The molecule has 2 aromatic carbocycles. The van der Waals surface area contributed by atoms with E-state index in [1.165, 1.54) is 0 Å². The second-order valence-corrected chi connectivity index (χ2v) is 4.88. The largest absolute Gasteiger partial charge is 0.398 e. The Balaban J connectivity index is 1.85. The quantitative estimate of drug-likeness (QED) is 0.629. The summed E-state index contributed by atoms with van der Waals surface area (Å²) in [6.07, 6.45) is 1.86. The second-order valence-electron chi connectivity index (χ2n) is 4.47. The molecule has 3 rings (SSSR count). The van der Waals surface area contributed by atoms with Gasteiger partial charge >= 0.3 is 0 Å². The minimum atomic E-state index is -0.219. The summed E-state index contributed by atoms with van der Waals surface area (Å²) in [7, 11) is 0. The number of rotatable bonds is 2. The van der Waals surface area contributed by atoms with E-state index in [4.69, 9.17) is 17.3 Å². The number of anilines is 2. The third-order valence-electron chi connectivity index (χ3n) is 3.07. The maximum Gasteiger partial charge on any atom is 0.255 e. The minimum Gasteiger partial charge on any atom is -0.398 e. The normalized spacial score (nSPS) is 10.7. The predicted molar refractivity (Wildman–Crippen MR) is 82.1 cm³/mol. The van der Waals surface area contributed by atoms with Gasteiger partial charge in [0.2, 0.25) is 0 Å². The average Bonchev–Trinajstić information content (AvgIpc) is 2.89. The first-order valence-corrected chi connectivity index (χ1v) is 6.45. The van der Waals surface area contributed by atoms with Crippen LogP contribution in [0.25, 0.3) is 10.9 Å². The highest BCUT2D eigenvalue weighted by molar-refractivity contribution is 6.33. The van der Waals surface area contributed by atoms with Crippen LogP contribution < -0.4 is 11.1 Å². The monoisotopic (exact) mass is 285 g/mol. The number of amides is 1. The van der Waals surface area contributed by atoms with Crippen LogP contribution in [-0.4, -0.2) is 10.9 Å². The maximum atomic E-state index is 12.1. The Kier molecular flexibility index (Phi) is 3.08. The Hall–Kier alpha value is -2.46. The first-order chi connectivity index (χ1) is 9.63. The van der Waals surface area contributed by atoms with Gasteiger partial charge in [-0.2, -0.15) is 0 Å². The molecule has 1 amide bonds. The Morgan fingerprint density at radius 2 is 2.00 bits per heavy atom. The van der Waals surface area contributed by atoms with Crippen LogP contribution in [0.4, 0.5) is 11.4 Å². The van der Waals surface area contributed by atoms with Gasteiger partial charge in [0.15, 0.2) is 0 Å². The molecular weight excluding hydrogens is 274 g/mol. The third-order valence-corrected chi connectivity index (χ3v) is 3.41. The molecular formula is C15H12ClN3O. The van der Waals surface area contributed by atoms with Gasteiger partial charge in [0, 0.05) is 28.4 Å². The van der Waals surface area contributed by atoms with Crippen molar-refractivity contribution in [2.45, 2.75) is 0 Å². The number of halogens is 1. The molecule has 0 atom stereocenters. The molecule has 4 nitrogen and oxygen atoms in total. The Morgan fingerprint density at radius 1 is 1.15 bits per heavy atom. The first-order valence-electron chi connectivity index (χ1n) is 6.07. The van der Waals surface area contributed by atoms with Gasteiger partial charge in [-0.1, -0.05) is 11.6 Å². The number of carbonyl (C=O) groups is 1. The van der Waals surface area contributed by atoms with E-state index in [1.807, 2.05) is 30.5 Å². The van der Waals surface area contributed by atoms with Crippen LogP contribution in [0.15, 0.2) is 48.7 Å². The minimum absolute atomic E-state index is 0.219. The molecule has 0 saturated carbocycles. The van der Waals surface area contributed by atoms with Crippen LogP contribution in [0.5, 0.6) is 0 Å². The molecule has 0 aliphatic heterocycles. The number of carbonyl (C=O) groups excluding carboxylic acids is 1. The van der Waals surface area contributed by atoms with Crippen molar-refractivity contribution < 1.29 is 4.79 Å². The molecule has 0 unspecified atom stereocenters. The van der Waals surface area contributed by atoms with Gasteiger partial charge in [-0.3, -0.25) is 4.79 Å². The fourth-order valence-corrected chi connectivity index (χ4v) is 2.14. The van der Waals surface area contributed by atoms with E-state index in [0.717, 1.165) is 16.6 Å². The highest BCUT2D eigenvalue weighted by Crippen LogP contribution is 2.21.